The highest BCUT2D eigenvalue weighted by Gasteiger charge is 2.22. The molecule has 0 saturated heterocycles. The molecule has 170 valence electrons. The Kier molecular flexibility index (Phi) is 6.30. The summed E-state index contributed by atoms with van der Waals surface area (Å²) in [5.74, 6) is -2.99. The maximum Gasteiger partial charge on any atom is 0.261 e. The number of ether oxygens (including phenoxy) is 1. The number of ketones is 1. The lowest BCUT2D eigenvalue weighted by atomic mass is 10.1. The SMILES string of the molecule is O=C1Cc2c(F)cc(OCCCC(=O)c3cccn(Cc4ccc(F)c(F)c4)c3=O)cc2N1. The van der Waals surface area contributed by atoms with Crippen LogP contribution in [-0.2, 0) is 17.8 Å². The number of nitrogens with zero attached hydrogens (tertiary/aromatic N) is 1. The van der Waals surface area contributed by atoms with Crippen molar-refractivity contribution in [1.29, 1.82) is 0 Å². The summed E-state index contributed by atoms with van der Waals surface area (Å²) in [6.07, 6.45) is 1.75. The Hall–Kier alpha value is -3.88. The van der Waals surface area contributed by atoms with E-state index in [2.05, 4.69) is 5.32 Å². The van der Waals surface area contributed by atoms with Gasteiger partial charge in [-0.3, -0.25) is 14.4 Å². The molecule has 0 fully saturated rings. The van der Waals surface area contributed by atoms with Crippen molar-refractivity contribution in [3.05, 3.63) is 93.2 Å². The van der Waals surface area contributed by atoms with Gasteiger partial charge in [-0.15, -0.1) is 0 Å². The van der Waals surface area contributed by atoms with E-state index in [1.54, 1.807) is 0 Å². The highest BCUT2D eigenvalue weighted by Crippen LogP contribution is 2.30. The third kappa shape index (κ3) is 4.97. The van der Waals surface area contributed by atoms with Crippen LogP contribution in [-0.4, -0.2) is 22.9 Å². The Labute approximate surface area is 186 Å². The molecule has 4 rings (SSSR count). The molecule has 0 saturated carbocycles. The molecule has 1 amide bonds. The molecule has 0 unspecified atom stereocenters. The van der Waals surface area contributed by atoms with E-state index >= 15 is 0 Å². The van der Waals surface area contributed by atoms with Gasteiger partial charge in [-0.05, 0) is 36.2 Å². The molecule has 9 heteroatoms. The molecular formula is C24H19F3N2O4. The minimum Gasteiger partial charge on any atom is -0.493 e. The summed E-state index contributed by atoms with van der Waals surface area (Å²) in [6, 6.07) is 9.00. The highest BCUT2D eigenvalue weighted by atomic mass is 19.2. The van der Waals surface area contributed by atoms with Gasteiger partial charge in [0, 0.05) is 30.3 Å². The number of Topliss-reactive ketones (excluding diaryl/α,β-unsaturated/α-hetero) is 1. The third-order valence-electron chi connectivity index (χ3n) is 5.25. The number of pyridine rings is 1. The maximum absolute atomic E-state index is 14.1. The lowest BCUT2D eigenvalue weighted by Crippen LogP contribution is -2.26. The second kappa shape index (κ2) is 9.32. The summed E-state index contributed by atoms with van der Waals surface area (Å²) in [7, 11) is 0. The van der Waals surface area contributed by atoms with Crippen LogP contribution >= 0.6 is 0 Å². The third-order valence-corrected chi connectivity index (χ3v) is 5.25. The quantitative estimate of drug-likeness (QED) is 0.413. The van der Waals surface area contributed by atoms with E-state index in [0.29, 0.717) is 16.8 Å². The first-order valence-corrected chi connectivity index (χ1v) is 10.2. The Morgan fingerprint density at radius 1 is 1.03 bits per heavy atom. The van der Waals surface area contributed by atoms with Gasteiger partial charge >= 0.3 is 0 Å². The Balaban J connectivity index is 1.35. The van der Waals surface area contributed by atoms with Crippen LogP contribution in [0.4, 0.5) is 18.9 Å². The van der Waals surface area contributed by atoms with E-state index in [1.165, 1.54) is 41.1 Å². The molecule has 0 bridgehead atoms. The van der Waals surface area contributed by atoms with Gasteiger partial charge in [0.2, 0.25) is 5.91 Å². The number of rotatable bonds is 8. The van der Waals surface area contributed by atoms with Crippen LogP contribution in [0.15, 0.2) is 53.5 Å². The van der Waals surface area contributed by atoms with Gasteiger partial charge in [-0.25, -0.2) is 13.2 Å². The lowest BCUT2D eigenvalue weighted by molar-refractivity contribution is -0.115. The molecule has 6 nitrogen and oxygen atoms in total. The van der Waals surface area contributed by atoms with Crippen LogP contribution in [0.25, 0.3) is 0 Å². The van der Waals surface area contributed by atoms with E-state index in [0.717, 1.165) is 12.1 Å². The largest absolute Gasteiger partial charge is 0.493 e. The minimum atomic E-state index is -1.02. The fraction of sp³-hybridized carbons (Fsp3) is 0.208. The number of hydrogen-bond acceptors (Lipinski definition) is 4. The summed E-state index contributed by atoms with van der Waals surface area (Å²) in [5.41, 5.74) is 0.492. The monoisotopic (exact) mass is 456 g/mol. The van der Waals surface area contributed by atoms with Crippen LogP contribution in [0.3, 0.4) is 0 Å². The molecule has 0 atom stereocenters. The van der Waals surface area contributed by atoms with Crippen LogP contribution in [0.5, 0.6) is 5.75 Å². The van der Waals surface area contributed by atoms with E-state index < -0.39 is 28.8 Å². The molecule has 3 aromatic rings. The Morgan fingerprint density at radius 3 is 2.64 bits per heavy atom. The molecule has 0 spiro atoms. The summed E-state index contributed by atoms with van der Waals surface area (Å²) in [4.78, 5) is 36.6. The zero-order valence-corrected chi connectivity index (χ0v) is 17.4. The van der Waals surface area contributed by atoms with Gasteiger partial charge in [0.05, 0.1) is 30.8 Å². The summed E-state index contributed by atoms with van der Waals surface area (Å²) in [6.45, 7) is 0.0918. The standard InChI is InChI=1S/C24H19F3N2O4/c25-18-6-5-14(9-20(18)27)13-29-7-1-3-16(24(29)32)22(30)4-2-8-33-15-10-19(26)17-12-23(31)28-21(17)11-15/h1,3,5-7,9-11H,2,4,8,12-13H2,(H,28,31). The number of carbonyl (C=O) groups excluding carboxylic acids is 2. The Bertz CT molecular complexity index is 1300. The second-order valence-corrected chi connectivity index (χ2v) is 7.63. The summed E-state index contributed by atoms with van der Waals surface area (Å²) in [5, 5.41) is 2.55. The average molecular weight is 456 g/mol. The lowest BCUT2D eigenvalue weighted by Gasteiger charge is -2.10. The molecular weight excluding hydrogens is 437 g/mol. The van der Waals surface area contributed by atoms with Crippen LogP contribution in [0.2, 0.25) is 0 Å². The molecule has 1 aliphatic rings. The molecule has 2 aromatic carbocycles. The Morgan fingerprint density at radius 2 is 1.85 bits per heavy atom. The molecule has 0 radical (unpaired) electrons. The molecule has 2 heterocycles. The maximum atomic E-state index is 14.1. The van der Waals surface area contributed by atoms with Gasteiger partial charge in [0.1, 0.15) is 11.6 Å². The molecule has 33 heavy (non-hydrogen) atoms. The van der Waals surface area contributed by atoms with Gasteiger partial charge in [0.15, 0.2) is 17.4 Å². The predicted molar refractivity (Wildman–Crippen MR) is 114 cm³/mol. The normalized spacial score (nSPS) is 12.4. The first-order valence-electron chi connectivity index (χ1n) is 10.2. The van der Waals surface area contributed by atoms with Crippen molar-refractivity contribution in [2.24, 2.45) is 0 Å². The number of nitrogens with one attached hydrogen (secondary N) is 1. The second-order valence-electron chi connectivity index (χ2n) is 7.63. The van der Waals surface area contributed by atoms with E-state index in [9.17, 15) is 27.6 Å². The van der Waals surface area contributed by atoms with Crippen LogP contribution in [0.1, 0.15) is 34.3 Å². The number of aromatic nitrogens is 1. The van der Waals surface area contributed by atoms with Crippen molar-refractivity contribution in [3.8, 4) is 5.75 Å². The van der Waals surface area contributed by atoms with Gasteiger partial charge in [-0.2, -0.15) is 0 Å². The number of amides is 1. The fourth-order valence-corrected chi connectivity index (χ4v) is 3.61. The zero-order chi connectivity index (χ0) is 23.5. The van der Waals surface area contributed by atoms with Crippen LogP contribution in [0, 0.1) is 17.5 Å². The van der Waals surface area contributed by atoms with Crippen molar-refractivity contribution in [3.63, 3.8) is 0 Å². The van der Waals surface area contributed by atoms with Gasteiger partial charge < -0.3 is 14.6 Å². The fourth-order valence-electron chi connectivity index (χ4n) is 3.61. The minimum absolute atomic E-state index is 0.0132. The number of fused-ring (bicyclic) bond motifs is 1. The number of carbonyl (C=O) groups is 2. The van der Waals surface area contributed by atoms with E-state index in [1.807, 2.05) is 0 Å². The number of hydrogen-bond donors (Lipinski definition) is 1. The van der Waals surface area contributed by atoms with Crippen molar-refractivity contribution < 1.29 is 27.5 Å². The highest BCUT2D eigenvalue weighted by molar-refractivity contribution is 5.99. The molecule has 1 N–H and O–H groups in total. The van der Waals surface area contributed by atoms with Crippen molar-refractivity contribution in [2.45, 2.75) is 25.8 Å². The van der Waals surface area contributed by atoms with Crippen LogP contribution < -0.4 is 15.6 Å². The smallest absolute Gasteiger partial charge is 0.261 e. The average Bonchev–Trinajstić information content (AvgIpc) is 3.16. The number of halogens is 3. The molecule has 0 aliphatic carbocycles. The van der Waals surface area contributed by atoms with E-state index in [-0.39, 0.29) is 49.6 Å². The van der Waals surface area contributed by atoms with Gasteiger partial charge in [0.25, 0.3) is 5.56 Å². The van der Waals surface area contributed by atoms with E-state index in [4.69, 9.17) is 4.74 Å². The zero-order valence-electron chi connectivity index (χ0n) is 17.4. The van der Waals surface area contributed by atoms with Crippen molar-refractivity contribution >= 4 is 17.4 Å². The predicted octanol–water partition coefficient (Wildman–Crippen LogP) is 3.85. The number of anilines is 1. The summed E-state index contributed by atoms with van der Waals surface area (Å²) < 4.78 is 47.3. The first-order chi connectivity index (χ1) is 15.8. The van der Waals surface area contributed by atoms with Crippen molar-refractivity contribution in [2.75, 3.05) is 11.9 Å². The molecule has 1 aromatic heterocycles. The molecule has 1 aliphatic heterocycles. The topological polar surface area (TPSA) is 77.4 Å². The van der Waals surface area contributed by atoms with Gasteiger partial charge in [-0.1, -0.05) is 6.07 Å². The number of benzene rings is 2. The van der Waals surface area contributed by atoms with Crippen molar-refractivity contribution in [1.82, 2.24) is 4.57 Å². The summed E-state index contributed by atoms with van der Waals surface area (Å²) >= 11 is 0. The first kappa shape index (κ1) is 22.3.